The largest absolute Gasteiger partial charge is 0.477 e. The van der Waals surface area contributed by atoms with Gasteiger partial charge in [0.1, 0.15) is 4.88 Å². The molecule has 0 saturated carbocycles. The van der Waals surface area contributed by atoms with Crippen molar-refractivity contribution in [2.45, 2.75) is 13.8 Å². The highest BCUT2D eigenvalue weighted by atomic mass is 79.9. The fourth-order valence-electron chi connectivity index (χ4n) is 1.77. The Hall–Kier alpha value is -1.13. The van der Waals surface area contributed by atoms with Crippen molar-refractivity contribution in [1.29, 1.82) is 0 Å². The van der Waals surface area contributed by atoms with Crippen LogP contribution in [0, 0.1) is 13.8 Å². The zero-order valence-electron chi connectivity index (χ0n) is 9.45. The second kappa shape index (κ2) is 4.63. The number of hydrogen-bond donors (Lipinski definition) is 1. The summed E-state index contributed by atoms with van der Waals surface area (Å²) in [6.07, 6.45) is 0. The molecule has 0 aliphatic rings. The number of aromatic carboxylic acids is 1. The van der Waals surface area contributed by atoms with Crippen LogP contribution in [-0.4, -0.2) is 11.1 Å². The summed E-state index contributed by atoms with van der Waals surface area (Å²) >= 11 is 4.57. The van der Waals surface area contributed by atoms with E-state index < -0.39 is 5.97 Å². The maximum absolute atomic E-state index is 11.0. The Morgan fingerprint density at radius 1 is 1.18 bits per heavy atom. The van der Waals surface area contributed by atoms with Crippen LogP contribution < -0.4 is 0 Å². The number of hydrogen-bond acceptors (Lipinski definition) is 2. The van der Waals surface area contributed by atoms with Crippen molar-refractivity contribution >= 4 is 33.2 Å². The molecule has 2 aromatic rings. The minimum absolute atomic E-state index is 0.346. The molecule has 17 heavy (non-hydrogen) atoms. The normalized spacial score (nSPS) is 10.5. The van der Waals surface area contributed by atoms with Crippen molar-refractivity contribution in [3.63, 3.8) is 0 Å². The second-order valence-electron chi connectivity index (χ2n) is 3.97. The third kappa shape index (κ3) is 2.58. The first kappa shape index (κ1) is 12.3. The van der Waals surface area contributed by atoms with Gasteiger partial charge in [-0.1, -0.05) is 29.3 Å². The van der Waals surface area contributed by atoms with Crippen LogP contribution in [-0.2, 0) is 0 Å². The van der Waals surface area contributed by atoms with E-state index in [-0.39, 0.29) is 0 Å². The van der Waals surface area contributed by atoms with Crippen LogP contribution in [0.1, 0.15) is 20.8 Å². The van der Waals surface area contributed by atoms with Gasteiger partial charge in [0.2, 0.25) is 0 Å². The van der Waals surface area contributed by atoms with Gasteiger partial charge in [0.05, 0.1) is 0 Å². The summed E-state index contributed by atoms with van der Waals surface area (Å²) < 4.78 is 0.643. The molecule has 0 aliphatic heterocycles. The van der Waals surface area contributed by atoms with E-state index >= 15 is 0 Å². The number of benzene rings is 1. The zero-order valence-corrected chi connectivity index (χ0v) is 11.9. The van der Waals surface area contributed by atoms with E-state index in [0.29, 0.717) is 9.35 Å². The van der Waals surface area contributed by atoms with Crippen molar-refractivity contribution in [1.82, 2.24) is 0 Å². The van der Waals surface area contributed by atoms with Gasteiger partial charge in [0, 0.05) is 9.35 Å². The summed E-state index contributed by atoms with van der Waals surface area (Å²) in [7, 11) is 0. The average Bonchev–Trinajstić information content (AvgIpc) is 2.59. The quantitative estimate of drug-likeness (QED) is 0.887. The number of rotatable bonds is 2. The van der Waals surface area contributed by atoms with Crippen molar-refractivity contribution in [2.75, 3.05) is 0 Å². The number of carboxylic acid groups (broad SMARTS) is 1. The van der Waals surface area contributed by atoms with Crippen LogP contribution in [0.3, 0.4) is 0 Å². The molecule has 0 atom stereocenters. The molecule has 0 fully saturated rings. The SMILES string of the molecule is Cc1cc(C)cc(-c2cc(Br)c(C(=O)O)s2)c1. The molecule has 0 spiro atoms. The lowest BCUT2D eigenvalue weighted by Gasteiger charge is -2.01. The van der Waals surface area contributed by atoms with Gasteiger partial charge in [0.25, 0.3) is 0 Å². The Kier molecular flexibility index (Phi) is 3.35. The van der Waals surface area contributed by atoms with Crippen LogP contribution in [0.2, 0.25) is 0 Å². The van der Waals surface area contributed by atoms with Crippen LogP contribution in [0.15, 0.2) is 28.7 Å². The minimum atomic E-state index is -0.891. The maximum Gasteiger partial charge on any atom is 0.347 e. The lowest BCUT2D eigenvalue weighted by Crippen LogP contribution is -1.91. The Balaban J connectivity index is 2.53. The Morgan fingerprint density at radius 2 is 1.76 bits per heavy atom. The molecule has 4 heteroatoms. The van der Waals surface area contributed by atoms with Gasteiger partial charge in [0.15, 0.2) is 0 Å². The van der Waals surface area contributed by atoms with Crippen molar-refractivity contribution < 1.29 is 9.90 Å². The molecule has 0 bridgehead atoms. The maximum atomic E-state index is 11.0. The molecule has 88 valence electrons. The summed E-state index contributed by atoms with van der Waals surface area (Å²) in [5, 5.41) is 9.02. The number of carboxylic acids is 1. The van der Waals surface area contributed by atoms with E-state index in [9.17, 15) is 4.79 Å². The highest BCUT2D eigenvalue weighted by Crippen LogP contribution is 2.35. The third-order valence-electron chi connectivity index (χ3n) is 2.39. The average molecular weight is 311 g/mol. The van der Waals surface area contributed by atoms with E-state index in [0.717, 1.165) is 10.4 Å². The van der Waals surface area contributed by atoms with E-state index in [2.05, 4.69) is 34.1 Å². The van der Waals surface area contributed by atoms with E-state index in [1.54, 1.807) is 0 Å². The molecule has 0 amide bonds. The minimum Gasteiger partial charge on any atom is -0.477 e. The third-order valence-corrected chi connectivity index (χ3v) is 4.45. The summed E-state index contributed by atoms with van der Waals surface area (Å²) in [6.45, 7) is 4.08. The summed E-state index contributed by atoms with van der Waals surface area (Å²) in [5.74, 6) is -0.891. The smallest absolute Gasteiger partial charge is 0.347 e. The highest BCUT2D eigenvalue weighted by molar-refractivity contribution is 9.10. The lowest BCUT2D eigenvalue weighted by molar-refractivity contribution is 0.0701. The van der Waals surface area contributed by atoms with E-state index in [4.69, 9.17) is 5.11 Å². The molecule has 0 unspecified atom stereocenters. The highest BCUT2D eigenvalue weighted by Gasteiger charge is 2.14. The molecule has 0 radical (unpaired) electrons. The monoisotopic (exact) mass is 310 g/mol. The number of halogens is 1. The van der Waals surface area contributed by atoms with Crippen molar-refractivity contribution in [3.8, 4) is 10.4 Å². The Labute approximate surface area is 112 Å². The predicted octanol–water partition coefficient (Wildman–Crippen LogP) is 4.49. The van der Waals surface area contributed by atoms with Gasteiger partial charge in [-0.05, 0) is 41.4 Å². The molecule has 0 aliphatic carbocycles. The second-order valence-corrected chi connectivity index (χ2v) is 5.88. The summed E-state index contributed by atoms with van der Waals surface area (Å²) in [5.41, 5.74) is 3.43. The Morgan fingerprint density at radius 3 is 2.24 bits per heavy atom. The molecular formula is C13H11BrO2S. The van der Waals surface area contributed by atoms with Gasteiger partial charge < -0.3 is 5.11 Å². The first-order chi connectivity index (χ1) is 7.97. The molecule has 0 saturated heterocycles. The van der Waals surface area contributed by atoms with Crippen molar-refractivity contribution in [2.24, 2.45) is 0 Å². The van der Waals surface area contributed by atoms with Gasteiger partial charge in [-0.3, -0.25) is 0 Å². The lowest BCUT2D eigenvalue weighted by atomic mass is 10.1. The summed E-state index contributed by atoms with van der Waals surface area (Å²) in [4.78, 5) is 12.3. The molecule has 1 heterocycles. The van der Waals surface area contributed by atoms with Crippen LogP contribution in [0.5, 0.6) is 0 Å². The van der Waals surface area contributed by atoms with Crippen LogP contribution in [0.25, 0.3) is 10.4 Å². The number of carbonyl (C=O) groups is 1. The van der Waals surface area contributed by atoms with Crippen LogP contribution in [0.4, 0.5) is 0 Å². The van der Waals surface area contributed by atoms with Gasteiger partial charge in [-0.15, -0.1) is 11.3 Å². The molecule has 1 aromatic carbocycles. The zero-order chi connectivity index (χ0) is 12.6. The van der Waals surface area contributed by atoms with E-state index in [1.807, 2.05) is 19.9 Å². The van der Waals surface area contributed by atoms with E-state index in [1.165, 1.54) is 22.5 Å². The fraction of sp³-hybridized carbons (Fsp3) is 0.154. The molecule has 1 N–H and O–H groups in total. The summed E-state index contributed by atoms with van der Waals surface area (Å²) in [6, 6.07) is 8.10. The number of thiophene rings is 1. The van der Waals surface area contributed by atoms with Gasteiger partial charge in [-0.2, -0.15) is 0 Å². The topological polar surface area (TPSA) is 37.3 Å². The van der Waals surface area contributed by atoms with Gasteiger partial charge in [-0.25, -0.2) is 4.79 Å². The fourth-order valence-corrected chi connectivity index (χ4v) is 3.44. The molecule has 1 aromatic heterocycles. The van der Waals surface area contributed by atoms with Crippen molar-refractivity contribution in [3.05, 3.63) is 44.7 Å². The Bertz CT molecular complexity index is 567. The first-order valence-corrected chi connectivity index (χ1v) is 6.69. The standard InChI is InChI=1S/C13H11BrO2S/c1-7-3-8(2)5-9(4-7)11-6-10(14)12(17-11)13(15)16/h3-6H,1-2H3,(H,15,16). The molecule has 2 rings (SSSR count). The predicted molar refractivity (Wildman–Crippen MR) is 73.9 cm³/mol. The molecule has 2 nitrogen and oxygen atoms in total. The molecular weight excluding hydrogens is 300 g/mol. The number of aryl methyl sites for hydroxylation is 2. The van der Waals surface area contributed by atoms with Gasteiger partial charge >= 0.3 is 5.97 Å². The van der Waals surface area contributed by atoms with Crippen LogP contribution >= 0.6 is 27.3 Å². The first-order valence-electron chi connectivity index (χ1n) is 5.08.